The fourth-order valence-corrected chi connectivity index (χ4v) is 1.48. The van der Waals surface area contributed by atoms with Gasteiger partial charge in [-0.2, -0.15) is 0 Å². The average molecular weight is 279 g/mol. The summed E-state index contributed by atoms with van der Waals surface area (Å²) < 4.78 is 0. The molecule has 0 aliphatic carbocycles. The van der Waals surface area contributed by atoms with Crippen molar-refractivity contribution in [2.24, 2.45) is 0 Å². The molecule has 2 rings (SSSR count). The molecule has 0 fully saturated rings. The van der Waals surface area contributed by atoms with Crippen molar-refractivity contribution in [3.63, 3.8) is 0 Å². The molecule has 0 unspecified atom stereocenters. The van der Waals surface area contributed by atoms with Crippen molar-refractivity contribution in [3.8, 4) is 0 Å². The molecule has 2 aromatic rings. The predicted molar refractivity (Wildman–Crippen MR) is 77.8 cm³/mol. The molecule has 5 nitrogen and oxygen atoms in total. The van der Waals surface area contributed by atoms with Crippen LogP contribution in [0.3, 0.4) is 0 Å². The number of halogens is 1. The minimum Gasteiger partial charge on any atom is -0.396 e. The third-order valence-corrected chi connectivity index (χ3v) is 2.40. The number of benzene rings is 1. The first kappa shape index (κ1) is 14.8. The summed E-state index contributed by atoms with van der Waals surface area (Å²) in [6, 6.07) is 11.2. The van der Waals surface area contributed by atoms with Crippen LogP contribution in [-0.2, 0) is 11.2 Å². The Morgan fingerprint density at radius 1 is 1.21 bits per heavy atom. The molecule has 0 saturated carbocycles. The van der Waals surface area contributed by atoms with Crippen LogP contribution >= 0.6 is 12.4 Å². The number of hydrogen-bond acceptors (Lipinski definition) is 4. The number of pyridine rings is 1. The number of hydrogen-bond donors (Lipinski definition) is 3. The Bertz CT molecular complexity index is 533. The predicted octanol–water partition coefficient (Wildman–Crippen LogP) is 1.77. The number of carbonyl (C=O) groups excluding carboxylic acids is 1. The molecule has 6 heteroatoms. The number of nitrogens with two attached hydrogens (primary N) is 1. The van der Waals surface area contributed by atoms with E-state index in [9.17, 15) is 4.79 Å². The molecule has 4 N–H and O–H groups in total. The van der Waals surface area contributed by atoms with Crippen LogP contribution in [-0.4, -0.2) is 10.9 Å². The van der Waals surface area contributed by atoms with Crippen LogP contribution in [0.15, 0.2) is 48.8 Å². The van der Waals surface area contributed by atoms with Crippen molar-refractivity contribution in [1.29, 1.82) is 0 Å². The zero-order valence-corrected chi connectivity index (χ0v) is 11.0. The number of hydrazine groups is 1. The number of anilines is 2. The summed E-state index contributed by atoms with van der Waals surface area (Å²) in [6.45, 7) is 0. The summed E-state index contributed by atoms with van der Waals surface area (Å²) in [6.07, 6.45) is 3.44. The van der Waals surface area contributed by atoms with E-state index >= 15 is 0 Å². The van der Waals surface area contributed by atoms with E-state index in [1.54, 1.807) is 12.3 Å². The number of nitrogen functional groups attached to an aromatic ring is 1. The SMILES string of the molecule is Cl.Nc1cnccc1NNC(=O)Cc1ccccc1. The number of amides is 1. The van der Waals surface area contributed by atoms with Gasteiger partial charge in [-0.1, -0.05) is 30.3 Å². The normalized spacial score (nSPS) is 9.26. The van der Waals surface area contributed by atoms with Gasteiger partial charge in [0.1, 0.15) is 0 Å². The summed E-state index contributed by atoms with van der Waals surface area (Å²) >= 11 is 0. The summed E-state index contributed by atoms with van der Waals surface area (Å²) in [7, 11) is 0. The van der Waals surface area contributed by atoms with E-state index in [4.69, 9.17) is 5.73 Å². The smallest absolute Gasteiger partial charge is 0.242 e. The maximum absolute atomic E-state index is 11.7. The quantitative estimate of drug-likeness (QED) is 0.745. The molecule has 1 amide bonds. The third kappa shape index (κ3) is 4.48. The lowest BCUT2D eigenvalue weighted by atomic mass is 10.1. The first-order valence-electron chi connectivity index (χ1n) is 5.54. The number of rotatable bonds is 4. The molecular weight excluding hydrogens is 264 g/mol. The van der Waals surface area contributed by atoms with Crippen LogP contribution in [0.5, 0.6) is 0 Å². The Hall–Kier alpha value is -2.27. The number of aromatic nitrogens is 1. The lowest BCUT2D eigenvalue weighted by molar-refractivity contribution is -0.119. The molecule has 1 aromatic heterocycles. The fourth-order valence-electron chi connectivity index (χ4n) is 1.48. The first-order chi connectivity index (χ1) is 8.75. The van der Waals surface area contributed by atoms with Gasteiger partial charge < -0.3 is 5.73 Å². The zero-order chi connectivity index (χ0) is 12.8. The first-order valence-corrected chi connectivity index (χ1v) is 5.54. The standard InChI is InChI=1S/C13H14N4O.ClH/c14-11-9-15-7-6-12(11)16-17-13(18)8-10-4-2-1-3-5-10;/h1-7,9H,8,14H2,(H,15,16)(H,17,18);1H. The van der Waals surface area contributed by atoms with Gasteiger partial charge in [-0.3, -0.25) is 20.6 Å². The Balaban J connectivity index is 0.00000180. The Kier molecular flexibility index (Phi) is 5.63. The fraction of sp³-hybridized carbons (Fsp3) is 0.0769. The van der Waals surface area contributed by atoms with Crippen molar-refractivity contribution in [2.75, 3.05) is 11.2 Å². The second-order valence-corrected chi connectivity index (χ2v) is 3.80. The molecule has 0 atom stereocenters. The summed E-state index contributed by atoms with van der Waals surface area (Å²) in [4.78, 5) is 15.5. The van der Waals surface area contributed by atoms with Gasteiger partial charge in [-0.05, 0) is 11.6 Å². The molecular formula is C13H15ClN4O. The second kappa shape index (κ2) is 7.23. The Labute approximate surface area is 117 Å². The summed E-state index contributed by atoms with van der Waals surface area (Å²) in [5.74, 6) is -0.127. The lowest BCUT2D eigenvalue weighted by Gasteiger charge is -2.10. The largest absolute Gasteiger partial charge is 0.396 e. The van der Waals surface area contributed by atoms with Gasteiger partial charge in [0.2, 0.25) is 5.91 Å². The molecule has 1 heterocycles. The third-order valence-electron chi connectivity index (χ3n) is 2.40. The highest BCUT2D eigenvalue weighted by Gasteiger charge is 2.03. The zero-order valence-electron chi connectivity index (χ0n) is 10.2. The number of nitrogens with one attached hydrogen (secondary N) is 2. The van der Waals surface area contributed by atoms with Crippen molar-refractivity contribution in [2.45, 2.75) is 6.42 Å². The number of carbonyl (C=O) groups is 1. The van der Waals surface area contributed by atoms with Crippen LogP contribution < -0.4 is 16.6 Å². The molecule has 0 bridgehead atoms. The maximum atomic E-state index is 11.7. The van der Waals surface area contributed by atoms with Crippen LogP contribution in [0.2, 0.25) is 0 Å². The van der Waals surface area contributed by atoms with Crippen molar-refractivity contribution in [1.82, 2.24) is 10.4 Å². The highest BCUT2D eigenvalue weighted by atomic mass is 35.5. The van der Waals surface area contributed by atoms with E-state index in [1.165, 1.54) is 6.20 Å². The second-order valence-electron chi connectivity index (χ2n) is 3.80. The van der Waals surface area contributed by atoms with Crippen molar-refractivity contribution in [3.05, 3.63) is 54.4 Å². The monoisotopic (exact) mass is 278 g/mol. The maximum Gasteiger partial charge on any atom is 0.242 e. The van der Waals surface area contributed by atoms with E-state index in [1.807, 2.05) is 30.3 Å². The molecule has 0 radical (unpaired) electrons. The molecule has 0 saturated heterocycles. The molecule has 0 aliphatic rings. The summed E-state index contributed by atoms with van der Waals surface area (Å²) in [5.41, 5.74) is 13.1. The van der Waals surface area contributed by atoms with E-state index < -0.39 is 0 Å². The molecule has 19 heavy (non-hydrogen) atoms. The number of nitrogens with zero attached hydrogens (tertiary/aromatic N) is 1. The van der Waals surface area contributed by atoms with Crippen molar-refractivity contribution < 1.29 is 4.79 Å². The minimum absolute atomic E-state index is 0. The van der Waals surface area contributed by atoms with E-state index in [-0.39, 0.29) is 18.3 Å². The van der Waals surface area contributed by atoms with Crippen LogP contribution in [0.1, 0.15) is 5.56 Å². The van der Waals surface area contributed by atoms with E-state index in [0.29, 0.717) is 17.8 Å². The molecule has 0 spiro atoms. The van der Waals surface area contributed by atoms with Gasteiger partial charge in [0.05, 0.1) is 24.0 Å². The van der Waals surface area contributed by atoms with Gasteiger partial charge >= 0.3 is 0 Å². The van der Waals surface area contributed by atoms with Gasteiger partial charge in [0.25, 0.3) is 0 Å². The Morgan fingerprint density at radius 3 is 2.63 bits per heavy atom. The van der Waals surface area contributed by atoms with Gasteiger partial charge in [-0.25, -0.2) is 0 Å². The lowest BCUT2D eigenvalue weighted by Crippen LogP contribution is -2.31. The van der Waals surface area contributed by atoms with E-state index in [0.717, 1.165) is 5.56 Å². The summed E-state index contributed by atoms with van der Waals surface area (Å²) in [5, 5.41) is 0. The molecule has 1 aromatic carbocycles. The topological polar surface area (TPSA) is 80.0 Å². The van der Waals surface area contributed by atoms with Gasteiger partial charge in [0, 0.05) is 6.20 Å². The van der Waals surface area contributed by atoms with Crippen LogP contribution in [0.4, 0.5) is 11.4 Å². The average Bonchev–Trinajstić information content (AvgIpc) is 2.39. The van der Waals surface area contributed by atoms with Crippen molar-refractivity contribution >= 4 is 29.7 Å². The highest BCUT2D eigenvalue weighted by Crippen LogP contribution is 2.13. The van der Waals surface area contributed by atoms with Crippen LogP contribution in [0.25, 0.3) is 0 Å². The van der Waals surface area contributed by atoms with Crippen LogP contribution in [0, 0.1) is 0 Å². The molecule has 0 aliphatic heterocycles. The highest BCUT2D eigenvalue weighted by molar-refractivity contribution is 5.85. The Morgan fingerprint density at radius 2 is 1.95 bits per heavy atom. The van der Waals surface area contributed by atoms with E-state index in [2.05, 4.69) is 15.8 Å². The van der Waals surface area contributed by atoms with Gasteiger partial charge in [0.15, 0.2) is 0 Å². The molecule has 100 valence electrons. The van der Waals surface area contributed by atoms with Gasteiger partial charge in [-0.15, -0.1) is 12.4 Å². The minimum atomic E-state index is -0.127.